The summed E-state index contributed by atoms with van der Waals surface area (Å²) in [5, 5.41) is 3.33. The molecule has 1 aliphatic rings. The monoisotopic (exact) mass is 218 g/mol. The van der Waals surface area contributed by atoms with Crippen LogP contribution in [-0.4, -0.2) is 17.3 Å². The van der Waals surface area contributed by atoms with Gasteiger partial charge in [0.1, 0.15) is 5.70 Å². The third-order valence-corrected chi connectivity index (χ3v) is 2.55. The molecule has 4 heteroatoms. The van der Waals surface area contributed by atoms with Gasteiger partial charge in [0.25, 0.3) is 5.91 Å². The SMILES string of the molecule is CSC1=N/C(=C/c2ccccc2)C(=O)N1. The average molecular weight is 218 g/mol. The highest BCUT2D eigenvalue weighted by Crippen LogP contribution is 2.14. The van der Waals surface area contributed by atoms with Crippen LogP contribution in [0.15, 0.2) is 41.0 Å². The van der Waals surface area contributed by atoms with Gasteiger partial charge in [-0.1, -0.05) is 42.1 Å². The molecule has 1 aromatic carbocycles. The van der Waals surface area contributed by atoms with Crippen molar-refractivity contribution in [2.75, 3.05) is 6.26 Å². The van der Waals surface area contributed by atoms with Crippen molar-refractivity contribution in [3.05, 3.63) is 41.6 Å². The number of hydrogen-bond acceptors (Lipinski definition) is 3. The molecule has 0 spiro atoms. The van der Waals surface area contributed by atoms with Crippen LogP contribution in [0.2, 0.25) is 0 Å². The fourth-order valence-corrected chi connectivity index (χ4v) is 1.64. The second-order valence-corrected chi connectivity index (χ2v) is 3.81. The van der Waals surface area contributed by atoms with Crippen LogP contribution in [0.4, 0.5) is 0 Å². The van der Waals surface area contributed by atoms with Gasteiger partial charge in [-0.3, -0.25) is 10.1 Å². The maximum Gasteiger partial charge on any atom is 0.275 e. The summed E-state index contributed by atoms with van der Waals surface area (Å²) in [5.41, 5.74) is 1.44. The number of rotatable bonds is 1. The van der Waals surface area contributed by atoms with Crippen molar-refractivity contribution >= 4 is 28.9 Å². The minimum absolute atomic E-state index is 0.136. The van der Waals surface area contributed by atoms with E-state index in [9.17, 15) is 4.79 Å². The molecular formula is C11H10N2OS. The number of amidine groups is 1. The molecule has 15 heavy (non-hydrogen) atoms. The van der Waals surface area contributed by atoms with Gasteiger partial charge in [-0.2, -0.15) is 0 Å². The molecule has 0 bridgehead atoms. The lowest BCUT2D eigenvalue weighted by Crippen LogP contribution is -2.21. The number of hydrogen-bond donors (Lipinski definition) is 1. The Morgan fingerprint density at radius 1 is 1.33 bits per heavy atom. The zero-order valence-corrected chi connectivity index (χ0v) is 9.04. The first kappa shape index (κ1) is 9.98. The Balaban J connectivity index is 2.28. The van der Waals surface area contributed by atoms with Gasteiger partial charge in [-0.15, -0.1) is 0 Å². The van der Waals surface area contributed by atoms with Crippen LogP contribution in [0.5, 0.6) is 0 Å². The molecule has 0 atom stereocenters. The van der Waals surface area contributed by atoms with Crippen molar-refractivity contribution in [1.82, 2.24) is 5.32 Å². The predicted octanol–water partition coefficient (Wildman–Crippen LogP) is 1.88. The van der Waals surface area contributed by atoms with Gasteiger partial charge in [-0.05, 0) is 17.9 Å². The van der Waals surface area contributed by atoms with Crippen LogP contribution < -0.4 is 5.32 Å². The van der Waals surface area contributed by atoms with E-state index in [1.165, 1.54) is 11.8 Å². The zero-order valence-electron chi connectivity index (χ0n) is 8.23. The molecule has 0 saturated heterocycles. The molecule has 1 heterocycles. The van der Waals surface area contributed by atoms with Crippen molar-refractivity contribution in [3.8, 4) is 0 Å². The summed E-state index contributed by atoms with van der Waals surface area (Å²) in [6.07, 6.45) is 3.66. The summed E-state index contributed by atoms with van der Waals surface area (Å²) in [4.78, 5) is 15.6. The molecule has 0 radical (unpaired) electrons. The quantitative estimate of drug-likeness (QED) is 0.731. The van der Waals surface area contributed by atoms with E-state index < -0.39 is 0 Å². The summed E-state index contributed by atoms with van der Waals surface area (Å²) >= 11 is 1.43. The summed E-state index contributed by atoms with van der Waals surface area (Å²) < 4.78 is 0. The van der Waals surface area contributed by atoms with E-state index in [0.717, 1.165) is 5.56 Å². The normalized spacial score (nSPS) is 17.8. The summed E-state index contributed by atoms with van der Waals surface area (Å²) in [7, 11) is 0. The van der Waals surface area contributed by atoms with Gasteiger partial charge in [-0.25, -0.2) is 4.99 Å². The topological polar surface area (TPSA) is 41.5 Å². The van der Waals surface area contributed by atoms with Gasteiger partial charge >= 0.3 is 0 Å². The summed E-state index contributed by atoms with van der Waals surface area (Å²) in [6, 6.07) is 9.67. The molecule has 1 aliphatic heterocycles. The van der Waals surface area contributed by atoms with Crippen molar-refractivity contribution in [1.29, 1.82) is 0 Å². The van der Waals surface area contributed by atoms with Crippen LogP contribution in [-0.2, 0) is 4.79 Å². The van der Waals surface area contributed by atoms with Gasteiger partial charge in [0.15, 0.2) is 5.17 Å². The number of nitrogens with zero attached hydrogens (tertiary/aromatic N) is 1. The largest absolute Gasteiger partial charge is 0.300 e. The number of carbonyl (C=O) groups excluding carboxylic acids is 1. The van der Waals surface area contributed by atoms with E-state index in [1.54, 1.807) is 6.08 Å². The van der Waals surface area contributed by atoms with E-state index in [4.69, 9.17) is 0 Å². The maximum absolute atomic E-state index is 11.4. The molecule has 0 saturated carbocycles. The van der Waals surface area contributed by atoms with E-state index >= 15 is 0 Å². The second kappa shape index (κ2) is 4.31. The molecule has 76 valence electrons. The van der Waals surface area contributed by atoms with Gasteiger partial charge in [0.2, 0.25) is 0 Å². The number of nitrogens with one attached hydrogen (secondary N) is 1. The maximum atomic E-state index is 11.4. The zero-order chi connectivity index (χ0) is 10.7. The minimum atomic E-state index is -0.136. The molecule has 2 rings (SSSR count). The molecular weight excluding hydrogens is 208 g/mol. The lowest BCUT2D eigenvalue weighted by molar-refractivity contribution is -0.115. The number of aliphatic imine (C=N–C) groups is 1. The summed E-state index contributed by atoms with van der Waals surface area (Å²) in [6.45, 7) is 0. The van der Waals surface area contributed by atoms with Crippen LogP contribution in [0.3, 0.4) is 0 Å². The number of amides is 1. The number of thioether (sulfide) groups is 1. The van der Waals surface area contributed by atoms with E-state index in [2.05, 4.69) is 10.3 Å². The van der Waals surface area contributed by atoms with Crippen molar-refractivity contribution < 1.29 is 4.79 Å². The van der Waals surface area contributed by atoms with Crippen LogP contribution in [0, 0.1) is 0 Å². The molecule has 1 N–H and O–H groups in total. The highest BCUT2D eigenvalue weighted by atomic mass is 32.2. The Labute approximate surface area is 92.3 Å². The molecule has 1 amide bonds. The van der Waals surface area contributed by atoms with Crippen LogP contribution in [0.1, 0.15) is 5.56 Å². The van der Waals surface area contributed by atoms with Crippen LogP contribution in [0.25, 0.3) is 6.08 Å². The van der Waals surface area contributed by atoms with Crippen LogP contribution >= 0.6 is 11.8 Å². The minimum Gasteiger partial charge on any atom is -0.300 e. The lowest BCUT2D eigenvalue weighted by atomic mass is 10.2. The molecule has 0 aromatic heterocycles. The first-order chi connectivity index (χ1) is 7.29. The van der Waals surface area contributed by atoms with Gasteiger partial charge in [0.05, 0.1) is 0 Å². The predicted molar refractivity (Wildman–Crippen MR) is 63.5 cm³/mol. The van der Waals surface area contributed by atoms with E-state index in [1.807, 2.05) is 36.6 Å². The van der Waals surface area contributed by atoms with Crippen molar-refractivity contribution in [2.45, 2.75) is 0 Å². The number of benzene rings is 1. The average Bonchev–Trinajstić information content (AvgIpc) is 2.61. The first-order valence-corrected chi connectivity index (χ1v) is 5.73. The molecule has 1 aromatic rings. The Bertz CT molecular complexity index is 437. The second-order valence-electron chi connectivity index (χ2n) is 3.02. The Morgan fingerprint density at radius 2 is 2.07 bits per heavy atom. The van der Waals surface area contributed by atoms with E-state index in [-0.39, 0.29) is 5.91 Å². The van der Waals surface area contributed by atoms with E-state index in [0.29, 0.717) is 10.9 Å². The molecule has 0 aliphatic carbocycles. The highest BCUT2D eigenvalue weighted by Gasteiger charge is 2.18. The number of carbonyl (C=O) groups is 1. The van der Waals surface area contributed by atoms with Crippen molar-refractivity contribution in [3.63, 3.8) is 0 Å². The standard InChI is InChI=1S/C11H10N2OS/c1-15-11-12-9(10(14)13-11)7-8-5-3-2-4-6-8/h2-7H,1H3,(H,12,13,14)/b9-7+. The third kappa shape index (κ3) is 2.27. The third-order valence-electron chi connectivity index (χ3n) is 1.97. The Morgan fingerprint density at radius 3 is 2.67 bits per heavy atom. The van der Waals surface area contributed by atoms with Gasteiger partial charge in [0, 0.05) is 0 Å². The molecule has 0 fully saturated rings. The fraction of sp³-hybridized carbons (Fsp3) is 0.0909. The smallest absolute Gasteiger partial charge is 0.275 e. The first-order valence-electron chi connectivity index (χ1n) is 4.50. The van der Waals surface area contributed by atoms with Crippen molar-refractivity contribution in [2.24, 2.45) is 4.99 Å². The Kier molecular flexibility index (Phi) is 2.87. The van der Waals surface area contributed by atoms with Gasteiger partial charge < -0.3 is 0 Å². The Hall–Kier alpha value is -1.55. The molecule has 3 nitrogen and oxygen atoms in total. The summed E-state index contributed by atoms with van der Waals surface area (Å²) in [5.74, 6) is -0.136. The molecule has 0 unspecified atom stereocenters. The fourth-order valence-electron chi connectivity index (χ4n) is 1.25. The lowest BCUT2D eigenvalue weighted by Gasteiger charge is -1.93. The highest BCUT2D eigenvalue weighted by molar-refractivity contribution is 8.13.